The number of esters is 1. The van der Waals surface area contributed by atoms with Crippen LogP contribution in [0.4, 0.5) is 0 Å². The van der Waals surface area contributed by atoms with Crippen molar-refractivity contribution in [2.75, 3.05) is 0 Å². The van der Waals surface area contributed by atoms with Gasteiger partial charge in [-0.1, -0.05) is 32.0 Å². The van der Waals surface area contributed by atoms with Crippen LogP contribution in [0.1, 0.15) is 67.6 Å². The molecule has 34 heavy (non-hydrogen) atoms. The van der Waals surface area contributed by atoms with E-state index >= 15 is 0 Å². The summed E-state index contributed by atoms with van der Waals surface area (Å²) in [5.74, 6) is 0.408. The molecule has 0 aliphatic carbocycles. The monoisotopic (exact) mass is 462 g/mol. The number of phenolic OH excluding ortho intramolecular Hbond substituents is 2. The van der Waals surface area contributed by atoms with E-state index in [4.69, 9.17) is 14.2 Å². The summed E-state index contributed by atoms with van der Waals surface area (Å²) in [5, 5.41) is 19.7. The van der Waals surface area contributed by atoms with Crippen LogP contribution in [-0.4, -0.2) is 28.4 Å². The Hall–Kier alpha value is -3.51. The minimum Gasteiger partial charge on any atom is -0.508 e. The van der Waals surface area contributed by atoms with Gasteiger partial charge in [0.25, 0.3) is 0 Å². The van der Waals surface area contributed by atoms with Crippen LogP contribution in [-0.2, 0) is 15.1 Å². The predicted octanol–water partition coefficient (Wildman–Crippen LogP) is 6.27. The Balaban J connectivity index is 0.000000262. The summed E-state index contributed by atoms with van der Waals surface area (Å²) in [4.78, 5) is 12.5. The third kappa shape index (κ3) is 4.10. The second-order valence-corrected chi connectivity index (χ2v) is 8.65. The Morgan fingerprint density at radius 1 is 0.824 bits per heavy atom. The van der Waals surface area contributed by atoms with E-state index in [0.717, 1.165) is 12.8 Å². The Morgan fingerprint density at radius 2 is 1.35 bits per heavy atom. The highest BCUT2D eigenvalue weighted by atomic mass is 16.6. The van der Waals surface area contributed by atoms with Crippen molar-refractivity contribution in [3.8, 4) is 23.0 Å². The maximum atomic E-state index is 12.5. The van der Waals surface area contributed by atoms with Crippen LogP contribution in [0.5, 0.6) is 23.0 Å². The highest BCUT2D eigenvalue weighted by Crippen LogP contribution is 2.56. The molecule has 0 bridgehead atoms. The summed E-state index contributed by atoms with van der Waals surface area (Å²) in [6.45, 7) is 8.53. The normalized spacial score (nSPS) is 16.2. The van der Waals surface area contributed by atoms with Crippen molar-refractivity contribution in [1.82, 2.24) is 0 Å². The minimum atomic E-state index is -1.17. The SMILES string of the molecule is CCC(C)OC(C)CC.O=C1OC2(c3ccc(O)cc3Oc3cc(O)ccc32)c2ccccc21. The molecule has 0 amide bonds. The second-order valence-electron chi connectivity index (χ2n) is 8.65. The minimum absolute atomic E-state index is 0.0371. The lowest BCUT2D eigenvalue weighted by atomic mass is 9.77. The van der Waals surface area contributed by atoms with Crippen molar-refractivity contribution in [2.45, 2.75) is 58.3 Å². The van der Waals surface area contributed by atoms with Gasteiger partial charge >= 0.3 is 5.97 Å². The average Bonchev–Trinajstić information content (AvgIpc) is 3.12. The maximum Gasteiger partial charge on any atom is 0.340 e. The van der Waals surface area contributed by atoms with Crippen molar-refractivity contribution < 1.29 is 29.2 Å². The number of benzene rings is 3. The van der Waals surface area contributed by atoms with Crippen LogP contribution in [0.15, 0.2) is 60.7 Å². The van der Waals surface area contributed by atoms with Crippen molar-refractivity contribution in [1.29, 1.82) is 0 Å². The number of rotatable bonds is 4. The molecule has 5 rings (SSSR count). The van der Waals surface area contributed by atoms with Gasteiger partial charge in [-0.25, -0.2) is 4.79 Å². The summed E-state index contributed by atoms with van der Waals surface area (Å²) < 4.78 is 17.3. The molecule has 178 valence electrons. The molecule has 1 spiro atoms. The molecular formula is C28H30O6. The smallest absolute Gasteiger partial charge is 0.340 e. The first-order chi connectivity index (χ1) is 16.3. The zero-order valence-electron chi connectivity index (χ0n) is 19.9. The molecule has 2 N–H and O–H groups in total. The lowest BCUT2D eigenvalue weighted by molar-refractivity contribution is 0.00510. The molecule has 2 heterocycles. The average molecular weight is 463 g/mol. The van der Waals surface area contributed by atoms with E-state index in [9.17, 15) is 15.0 Å². The molecule has 6 nitrogen and oxygen atoms in total. The Kier molecular flexibility index (Phi) is 6.53. The molecule has 6 heteroatoms. The largest absolute Gasteiger partial charge is 0.508 e. The molecule has 0 radical (unpaired) electrons. The summed E-state index contributed by atoms with van der Waals surface area (Å²) in [5.41, 5.74) is 1.28. The molecule has 0 fully saturated rings. The third-order valence-electron chi connectivity index (χ3n) is 6.30. The van der Waals surface area contributed by atoms with Crippen LogP contribution in [0.3, 0.4) is 0 Å². The summed E-state index contributed by atoms with van der Waals surface area (Å²) in [6, 6.07) is 16.6. The van der Waals surface area contributed by atoms with Gasteiger partial charge in [0.05, 0.1) is 17.8 Å². The van der Waals surface area contributed by atoms with E-state index in [0.29, 0.717) is 46.0 Å². The first-order valence-electron chi connectivity index (χ1n) is 11.6. The Labute approximate surface area is 199 Å². The molecule has 2 atom stereocenters. The zero-order valence-corrected chi connectivity index (χ0v) is 19.9. The Morgan fingerprint density at radius 3 is 1.88 bits per heavy atom. The molecule has 3 aromatic rings. The number of carbonyl (C=O) groups excluding carboxylic acids is 1. The molecule has 2 aliphatic heterocycles. The van der Waals surface area contributed by atoms with Crippen LogP contribution in [0.2, 0.25) is 0 Å². The zero-order chi connectivity index (χ0) is 24.5. The number of aromatic hydroxyl groups is 2. The molecule has 0 saturated heterocycles. The maximum absolute atomic E-state index is 12.5. The van der Waals surface area contributed by atoms with Crippen LogP contribution in [0, 0.1) is 0 Å². The van der Waals surface area contributed by atoms with Gasteiger partial charge in [0.1, 0.15) is 23.0 Å². The van der Waals surface area contributed by atoms with Crippen molar-refractivity contribution in [2.24, 2.45) is 0 Å². The molecule has 2 unspecified atom stereocenters. The Bertz CT molecular complexity index is 1140. The van der Waals surface area contributed by atoms with Gasteiger partial charge in [0.15, 0.2) is 5.60 Å². The molecule has 2 aliphatic rings. The van der Waals surface area contributed by atoms with Crippen LogP contribution in [0.25, 0.3) is 0 Å². The fraction of sp³-hybridized carbons (Fsp3) is 0.321. The van der Waals surface area contributed by atoms with E-state index in [2.05, 4.69) is 27.7 Å². The highest BCUT2D eigenvalue weighted by molar-refractivity contribution is 5.97. The van der Waals surface area contributed by atoms with E-state index in [1.54, 1.807) is 24.3 Å². The van der Waals surface area contributed by atoms with Gasteiger partial charge in [-0.2, -0.15) is 0 Å². The molecular weight excluding hydrogens is 432 g/mol. The second kappa shape index (κ2) is 9.39. The van der Waals surface area contributed by atoms with Crippen LogP contribution >= 0.6 is 0 Å². The van der Waals surface area contributed by atoms with E-state index in [1.807, 2.05) is 12.1 Å². The number of hydrogen-bond acceptors (Lipinski definition) is 6. The topological polar surface area (TPSA) is 85.2 Å². The molecule has 0 saturated carbocycles. The lowest BCUT2D eigenvalue weighted by Gasteiger charge is -2.36. The molecule has 3 aromatic carbocycles. The summed E-state index contributed by atoms with van der Waals surface area (Å²) in [7, 11) is 0. The van der Waals surface area contributed by atoms with Gasteiger partial charge in [-0.05, 0) is 57.0 Å². The van der Waals surface area contributed by atoms with Crippen molar-refractivity contribution >= 4 is 5.97 Å². The highest BCUT2D eigenvalue weighted by Gasteiger charge is 2.53. The van der Waals surface area contributed by atoms with Crippen molar-refractivity contribution in [3.63, 3.8) is 0 Å². The van der Waals surface area contributed by atoms with Crippen molar-refractivity contribution in [3.05, 3.63) is 82.9 Å². The third-order valence-corrected chi connectivity index (χ3v) is 6.30. The number of hydrogen-bond donors (Lipinski definition) is 2. The number of phenols is 2. The van der Waals surface area contributed by atoms with E-state index in [1.165, 1.54) is 24.3 Å². The summed E-state index contributed by atoms with van der Waals surface area (Å²) in [6.07, 6.45) is 3.09. The molecule has 0 aromatic heterocycles. The summed E-state index contributed by atoms with van der Waals surface area (Å²) >= 11 is 0. The fourth-order valence-electron chi connectivity index (χ4n) is 4.24. The van der Waals surface area contributed by atoms with Gasteiger partial charge < -0.3 is 24.4 Å². The lowest BCUT2D eigenvalue weighted by Crippen LogP contribution is -2.32. The van der Waals surface area contributed by atoms with E-state index < -0.39 is 11.6 Å². The first-order valence-corrected chi connectivity index (χ1v) is 11.6. The number of carbonyl (C=O) groups is 1. The van der Waals surface area contributed by atoms with Gasteiger partial charge in [-0.3, -0.25) is 0 Å². The fourth-order valence-corrected chi connectivity index (χ4v) is 4.24. The van der Waals surface area contributed by atoms with Gasteiger partial charge in [0, 0.05) is 28.8 Å². The number of fused-ring (bicyclic) bond motifs is 6. The quantitative estimate of drug-likeness (QED) is 0.445. The predicted molar refractivity (Wildman–Crippen MR) is 129 cm³/mol. The number of ether oxygens (including phenoxy) is 3. The van der Waals surface area contributed by atoms with E-state index in [-0.39, 0.29) is 11.5 Å². The standard InChI is InChI=1S/C20H12O5.C8H18O/c21-11-5-7-15-17(9-11)24-18-10-12(22)6-8-16(18)20(15)14-4-2-1-3-13(14)19(23)25-20;1-5-7(3)9-8(4)6-2/h1-10,21-22H;7-8H,5-6H2,1-4H3. The van der Waals surface area contributed by atoms with Gasteiger partial charge in [0.2, 0.25) is 0 Å². The van der Waals surface area contributed by atoms with Crippen LogP contribution < -0.4 is 4.74 Å². The van der Waals surface area contributed by atoms with Gasteiger partial charge in [-0.15, -0.1) is 0 Å². The first kappa shape index (κ1) is 23.6.